The lowest BCUT2D eigenvalue weighted by Crippen LogP contribution is -2.29. The Balaban J connectivity index is 1.59. The van der Waals surface area contributed by atoms with E-state index < -0.39 is 10.0 Å². The molecule has 0 bridgehead atoms. The summed E-state index contributed by atoms with van der Waals surface area (Å²) in [5.41, 5.74) is 3.11. The molecule has 1 aliphatic heterocycles. The molecule has 2 aromatic rings. The zero-order valence-corrected chi connectivity index (χ0v) is 17.7. The van der Waals surface area contributed by atoms with Crippen LogP contribution in [0.3, 0.4) is 0 Å². The largest absolute Gasteiger partial charge is 0.371 e. The van der Waals surface area contributed by atoms with Crippen molar-refractivity contribution in [2.24, 2.45) is 0 Å². The summed E-state index contributed by atoms with van der Waals surface area (Å²) in [6, 6.07) is 13.1. The average molecular weight is 420 g/mol. The van der Waals surface area contributed by atoms with E-state index in [1.54, 1.807) is 12.1 Å². The molecule has 0 radical (unpaired) electrons. The Morgan fingerprint density at radius 1 is 1.21 bits per heavy atom. The van der Waals surface area contributed by atoms with Crippen LogP contribution in [0.4, 0.5) is 11.4 Å². The highest BCUT2D eigenvalue weighted by atomic mass is 32.2. The van der Waals surface area contributed by atoms with Crippen LogP contribution in [0, 0.1) is 0 Å². The molecule has 0 aromatic heterocycles. The number of rotatable bonds is 8. The van der Waals surface area contributed by atoms with E-state index in [0.717, 1.165) is 30.8 Å². The highest BCUT2D eigenvalue weighted by molar-refractivity contribution is 7.98. The Morgan fingerprint density at radius 3 is 2.75 bits per heavy atom. The van der Waals surface area contributed by atoms with Crippen LogP contribution in [0.25, 0.3) is 0 Å². The highest BCUT2D eigenvalue weighted by Gasteiger charge is 2.19. The van der Waals surface area contributed by atoms with E-state index >= 15 is 0 Å². The summed E-state index contributed by atoms with van der Waals surface area (Å²) in [7, 11) is -3.63. The first-order valence-corrected chi connectivity index (χ1v) is 11.9. The van der Waals surface area contributed by atoms with Gasteiger partial charge in [-0.05, 0) is 48.9 Å². The van der Waals surface area contributed by atoms with Gasteiger partial charge in [0.05, 0.1) is 10.6 Å². The van der Waals surface area contributed by atoms with E-state index in [9.17, 15) is 13.2 Å². The molecular weight excluding hydrogens is 394 g/mol. The molecular formula is C20H25N3O3S2. The van der Waals surface area contributed by atoms with Crippen molar-refractivity contribution >= 4 is 39.1 Å². The zero-order chi connectivity index (χ0) is 20.1. The van der Waals surface area contributed by atoms with E-state index in [1.165, 1.54) is 36.0 Å². The van der Waals surface area contributed by atoms with Gasteiger partial charge in [-0.25, -0.2) is 13.1 Å². The van der Waals surface area contributed by atoms with E-state index in [1.807, 2.05) is 18.4 Å². The van der Waals surface area contributed by atoms with Gasteiger partial charge in [0, 0.05) is 37.1 Å². The molecule has 1 aliphatic rings. The van der Waals surface area contributed by atoms with Crippen LogP contribution in [0.1, 0.15) is 18.9 Å². The van der Waals surface area contributed by atoms with Crippen molar-refractivity contribution in [2.75, 3.05) is 36.1 Å². The summed E-state index contributed by atoms with van der Waals surface area (Å²) in [5.74, 6) is -0.233. The number of benzene rings is 2. The predicted octanol–water partition coefficient (Wildman–Crippen LogP) is 3.10. The minimum atomic E-state index is -3.63. The fraction of sp³-hybridized carbons (Fsp3) is 0.350. The van der Waals surface area contributed by atoms with E-state index in [2.05, 4.69) is 27.1 Å². The number of carbonyl (C=O) groups is 1. The average Bonchev–Trinajstić information content (AvgIpc) is 3.08. The van der Waals surface area contributed by atoms with Crippen molar-refractivity contribution in [3.8, 4) is 0 Å². The third-order valence-corrected chi connectivity index (χ3v) is 6.93. The highest BCUT2D eigenvalue weighted by Crippen LogP contribution is 2.29. The summed E-state index contributed by atoms with van der Waals surface area (Å²) in [6.07, 6.45) is 3.63. The van der Waals surface area contributed by atoms with Gasteiger partial charge in [0.25, 0.3) is 0 Å². The molecule has 8 heteroatoms. The molecule has 0 saturated heterocycles. The number of nitrogens with one attached hydrogen (secondary N) is 2. The molecule has 0 saturated carbocycles. The maximum Gasteiger partial charge on any atom is 0.240 e. The quantitative estimate of drug-likeness (QED) is 0.508. The van der Waals surface area contributed by atoms with Gasteiger partial charge in [0.2, 0.25) is 15.9 Å². The minimum Gasteiger partial charge on any atom is -0.371 e. The van der Waals surface area contributed by atoms with Crippen LogP contribution in [-0.2, 0) is 21.2 Å². The summed E-state index contributed by atoms with van der Waals surface area (Å²) in [4.78, 5) is 14.6. The van der Waals surface area contributed by atoms with Gasteiger partial charge in [-0.2, -0.15) is 0 Å². The third kappa shape index (κ3) is 4.87. The van der Waals surface area contributed by atoms with Gasteiger partial charge in [-0.1, -0.05) is 18.2 Å². The maximum absolute atomic E-state index is 12.6. The maximum atomic E-state index is 12.6. The standard InChI is InChI=1S/C20H25N3O3S2/c1-15(24)22-18-14-17(8-9-20(18)27-2)28(25,26)21-11-5-12-23-13-10-16-6-3-4-7-19(16)23/h3-4,6-9,14,21H,5,10-13H2,1-2H3,(H,22,24). The molecule has 0 fully saturated rings. The molecule has 150 valence electrons. The number of sulfonamides is 1. The number of nitrogens with zero attached hydrogens (tertiary/aromatic N) is 1. The zero-order valence-electron chi connectivity index (χ0n) is 16.1. The molecule has 1 amide bonds. The summed E-state index contributed by atoms with van der Waals surface area (Å²) < 4.78 is 27.9. The van der Waals surface area contributed by atoms with Gasteiger partial charge in [0.15, 0.2) is 0 Å². The lowest BCUT2D eigenvalue weighted by molar-refractivity contribution is -0.114. The SMILES string of the molecule is CSc1ccc(S(=O)(=O)NCCCN2CCc3ccccc32)cc1NC(C)=O. The smallest absolute Gasteiger partial charge is 0.240 e. The molecule has 2 aromatic carbocycles. The van der Waals surface area contributed by atoms with Crippen LogP contribution in [0.5, 0.6) is 0 Å². The number of hydrogen-bond donors (Lipinski definition) is 2. The molecule has 0 unspecified atom stereocenters. The molecule has 0 aliphatic carbocycles. The number of amides is 1. The minimum absolute atomic E-state index is 0.153. The normalized spacial score (nSPS) is 13.4. The number of carbonyl (C=O) groups excluding carboxylic acids is 1. The fourth-order valence-corrected chi connectivity index (χ4v) is 4.97. The molecule has 6 nitrogen and oxygen atoms in total. The van der Waals surface area contributed by atoms with Crippen LogP contribution >= 0.6 is 11.8 Å². The van der Waals surface area contributed by atoms with Gasteiger partial charge in [-0.15, -0.1) is 11.8 Å². The molecule has 0 atom stereocenters. The second kappa shape index (κ2) is 8.98. The first-order chi connectivity index (χ1) is 13.4. The Labute approximate surface area is 170 Å². The Hall–Kier alpha value is -2.03. The number of fused-ring (bicyclic) bond motifs is 1. The van der Waals surface area contributed by atoms with Crippen LogP contribution in [-0.4, -0.2) is 40.2 Å². The van der Waals surface area contributed by atoms with Crippen molar-refractivity contribution in [1.82, 2.24) is 4.72 Å². The molecule has 3 rings (SSSR count). The summed E-state index contributed by atoms with van der Waals surface area (Å²) in [5, 5.41) is 2.69. The number of thioether (sulfide) groups is 1. The third-order valence-electron chi connectivity index (χ3n) is 4.67. The topological polar surface area (TPSA) is 78.5 Å². The Bertz CT molecular complexity index is 961. The van der Waals surface area contributed by atoms with Crippen LogP contribution in [0.2, 0.25) is 0 Å². The molecule has 1 heterocycles. The fourth-order valence-electron chi connectivity index (χ4n) is 3.34. The second-order valence-electron chi connectivity index (χ2n) is 6.66. The molecule has 0 spiro atoms. The predicted molar refractivity (Wildman–Crippen MR) is 115 cm³/mol. The van der Waals surface area contributed by atoms with Crippen LogP contribution in [0.15, 0.2) is 52.3 Å². The van der Waals surface area contributed by atoms with E-state index in [-0.39, 0.29) is 10.8 Å². The van der Waals surface area contributed by atoms with E-state index in [4.69, 9.17) is 0 Å². The van der Waals surface area contributed by atoms with Gasteiger partial charge >= 0.3 is 0 Å². The van der Waals surface area contributed by atoms with Crippen molar-refractivity contribution in [2.45, 2.75) is 29.6 Å². The number of para-hydroxylation sites is 1. The lowest BCUT2D eigenvalue weighted by Gasteiger charge is -2.19. The Kier molecular flexibility index (Phi) is 6.64. The lowest BCUT2D eigenvalue weighted by atomic mass is 10.2. The van der Waals surface area contributed by atoms with Crippen LogP contribution < -0.4 is 14.9 Å². The van der Waals surface area contributed by atoms with E-state index in [0.29, 0.717) is 12.2 Å². The first-order valence-electron chi connectivity index (χ1n) is 9.19. The monoisotopic (exact) mass is 419 g/mol. The molecule has 2 N–H and O–H groups in total. The number of anilines is 2. The van der Waals surface area contributed by atoms with Crippen molar-refractivity contribution in [3.05, 3.63) is 48.0 Å². The van der Waals surface area contributed by atoms with Crippen molar-refractivity contribution in [1.29, 1.82) is 0 Å². The van der Waals surface area contributed by atoms with Crippen molar-refractivity contribution in [3.63, 3.8) is 0 Å². The summed E-state index contributed by atoms with van der Waals surface area (Å²) >= 11 is 1.45. The second-order valence-corrected chi connectivity index (χ2v) is 9.28. The summed E-state index contributed by atoms with van der Waals surface area (Å²) in [6.45, 7) is 3.55. The number of hydrogen-bond acceptors (Lipinski definition) is 5. The Morgan fingerprint density at radius 2 is 2.00 bits per heavy atom. The molecule has 28 heavy (non-hydrogen) atoms. The van der Waals surface area contributed by atoms with Crippen molar-refractivity contribution < 1.29 is 13.2 Å². The van der Waals surface area contributed by atoms with Gasteiger partial charge < -0.3 is 10.2 Å². The van der Waals surface area contributed by atoms with Gasteiger partial charge in [0.1, 0.15) is 0 Å². The first kappa shape index (κ1) is 20.7. The van der Waals surface area contributed by atoms with Gasteiger partial charge in [-0.3, -0.25) is 4.79 Å².